The Morgan fingerprint density at radius 3 is 2.71 bits per heavy atom. The fourth-order valence-corrected chi connectivity index (χ4v) is 2.94. The summed E-state index contributed by atoms with van der Waals surface area (Å²) in [4.78, 5) is 13.5. The molecule has 1 aromatic carbocycles. The minimum atomic E-state index is -1.04. The van der Waals surface area contributed by atoms with Gasteiger partial charge in [-0.1, -0.05) is 30.3 Å². The number of hydrogen-bond donors (Lipinski definition) is 1. The van der Waals surface area contributed by atoms with Gasteiger partial charge in [0.1, 0.15) is 12.8 Å². The zero-order valence-corrected chi connectivity index (χ0v) is 12.0. The Hall–Kier alpha value is -1.62. The summed E-state index contributed by atoms with van der Waals surface area (Å²) in [6, 6.07) is 9.33. The predicted octanol–water partition coefficient (Wildman–Crippen LogP) is 2.33. The number of amides is 1. The van der Waals surface area contributed by atoms with Gasteiger partial charge in [-0.15, -0.1) is 0 Å². The number of halogens is 1. The van der Waals surface area contributed by atoms with Gasteiger partial charge in [-0.05, 0) is 24.3 Å². The molecule has 1 amide bonds. The van der Waals surface area contributed by atoms with Crippen LogP contribution in [0.3, 0.4) is 0 Å². The Morgan fingerprint density at radius 1 is 1.33 bits per heavy atom. The molecule has 1 aliphatic heterocycles. The first kappa shape index (κ1) is 14.3. The van der Waals surface area contributed by atoms with E-state index in [1.807, 2.05) is 30.3 Å². The number of benzene rings is 1. The van der Waals surface area contributed by atoms with Crippen LogP contribution in [0.4, 0.5) is 9.18 Å². The molecule has 114 valence electrons. The molecule has 2 aliphatic rings. The average molecular weight is 292 g/mol. The molecule has 0 aromatic heterocycles. The van der Waals surface area contributed by atoms with Gasteiger partial charge in [0.25, 0.3) is 0 Å². The summed E-state index contributed by atoms with van der Waals surface area (Å²) < 4.78 is 19.3. The molecule has 3 atom stereocenters. The number of hydrogen-bond acceptors (Lipinski definition) is 3. The molecular formula is C16H21FN2O2. The van der Waals surface area contributed by atoms with Crippen molar-refractivity contribution in [2.24, 2.45) is 17.6 Å². The molecule has 21 heavy (non-hydrogen) atoms. The molecule has 2 fully saturated rings. The Bertz CT molecular complexity index is 492. The largest absolute Gasteiger partial charge is 0.445 e. The van der Waals surface area contributed by atoms with Crippen LogP contribution in [-0.2, 0) is 11.3 Å². The van der Waals surface area contributed by atoms with Crippen LogP contribution < -0.4 is 5.73 Å². The van der Waals surface area contributed by atoms with Crippen LogP contribution in [0.2, 0.25) is 0 Å². The van der Waals surface area contributed by atoms with Crippen LogP contribution in [-0.4, -0.2) is 36.3 Å². The Labute approximate surface area is 124 Å². The second-order valence-corrected chi connectivity index (χ2v) is 6.04. The quantitative estimate of drug-likeness (QED) is 0.926. The summed E-state index contributed by atoms with van der Waals surface area (Å²) in [6.07, 6.45) is 0.683. The van der Waals surface area contributed by atoms with Crippen molar-refractivity contribution in [3.63, 3.8) is 0 Å². The molecule has 1 heterocycles. The SMILES string of the molecule is NC(C1CC1)[C@@H]1CN(C(=O)OCc2ccccc2)C[C@H]1F. The highest BCUT2D eigenvalue weighted by Gasteiger charge is 2.44. The molecule has 4 nitrogen and oxygen atoms in total. The summed E-state index contributed by atoms with van der Waals surface area (Å²) in [5.74, 6) is 0.190. The summed E-state index contributed by atoms with van der Waals surface area (Å²) in [6.45, 7) is 0.678. The van der Waals surface area contributed by atoms with Crippen LogP contribution in [0.25, 0.3) is 0 Å². The molecule has 2 N–H and O–H groups in total. The first-order chi connectivity index (χ1) is 10.1. The highest BCUT2D eigenvalue weighted by atomic mass is 19.1. The predicted molar refractivity (Wildman–Crippen MR) is 77.3 cm³/mol. The molecule has 3 rings (SSSR count). The van der Waals surface area contributed by atoms with Crippen molar-refractivity contribution in [2.45, 2.75) is 31.7 Å². The van der Waals surface area contributed by atoms with Crippen LogP contribution in [0.15, 0.2) is 30.3 Å². The molecule has 0 radical (unpaired) electrons. The van der Waals surface area contributed by atoms with Crippen molar-refractivity contribution in [2.75, 3.05) is 13.1 Å². The number of rotatable bonds is 4. The number of ether oxygens (including phenoxy) is 1. The van der Waals surface area contributed by atoms with Gasteiger partial charge in [0.05, 0.1) is 6.54 Å². The van der Waals surface area contributed by atoms with E-state index >= 15 is 0 Å². The van der Waals surface area contributed by atoms with Gasteiger partial charge in [0.15, 0.2) is 0 Å². The normalized spacial score (nSPS) is 26.7. The van der Waals surface area contributed by atoms with Crippen LogP contribution in [0.5, 0.6) is 0 Å². The van der Waals surface area contributed by atoms with E-state index in [0.717, 1.165) is 18.4 Å². The number of alkyl halides is 1. The van der Waals surface area contributed by atoms with Crippen LogP contribution in [0, 0.1) is 11.8 Å². The third kappa shape index (κ3) is 3.35. The Morgan fingerprint density at radius 2 is 2.05 bits per heavy atom. The van der Waals surface area contributed by atoms with E-state index in [0.29, 0.717) is 12.5 Å². The van der Waals surface area contributed by atoms with Gasteiger partial charge in [0, 0.05) is 18.5 Å². The van der Waals surface area contributed by atoms with E-state index in [2.05, 4.69) is 0 Å². The zero-order chi connectivity index (χ0) is 14.8. The van der Waals surface area contributed by atoms with Crippen molar-refractivity contribution in [1.29, 1.82) is 0 Å². The Kier molecular flexibility index (Phi) is 4.10. The third-order valence-electron chi connectivity index (χ3n) is 4.41. The lowest BCUT2D eigenvalue weighted by Gasteiger charge is -2.20. The molecule has 1 aromatic rings. The second kappa shape index (κ2) is 6.02. The third-order valence-corrected chi connectivity index (χ3v) is 4.41. The standard InChI is InChI=1S/C16H21FN2O2/c17-14-9-19(8-13(14)15(18)12-6-7-12)16(20)21-10-11-4-2-1-3-5-11/h1-5,12-15H,6-10,18H2/t13-,14-,15?/m1/s1. The average Bonchev–Trinajstić information content (AvgIpc) is 3.28. The van der Waals surface area contributed by atoms with E-state index in [9.17, 15) is 9.18 Å². The molecule has 5 heteroatoms. The van der Waals surface area contributed by atoms with Gasteiger partial charge in [-0.25, -0.2) is 9.18 Å². The lowest BCUT2D eigenvalue weighted by Crippen LogP contribution is -2.38. The lowest BCUT2D eigenvalue weighted by molar-refractivity contribution is 0.101. The molecule has 1 saturated heterocycles. The second-order valence-electron chi connectivity index (χ2n) is 6.04. The Balaban J connectivity index is 1.51. The van der Waals surface area contributed by atoms with Gasteiger partial charge < -0.3 is 15.4 Å². The first-order valence-corrected chi connectivity index (χ1v) is 7.50. The van der Waals surface area contributed by atoms with Crippen molar-refractivity contribution in [3.05, 3.63) is 35.9 Å². The zero-order valence-electron chi connectivity index (χ0n) is 12.0. The van der Waals surface area contributed by atoms with E-state index in [1.54, 1.807) is 0 Å². The molecule has 0 spiro atoms. The topological polar surface area (TPSA) is 55.6 Å². The highest BCUT2D eigenvalue weighted by Crippen LogP contribution is 2.38. The minimum absolute atomic E-state index is 0.0959. The number of nitrogens with zero attached hydrogens (tertiary/aromatic N) is 1. The summed E-state index contributed by atoms with van der Waals surface area (Å²) in [7, 11) is 0. The maximum atomic E-state index is 14.1. The number of carbonyl (C=O) groups is 1. The van der Waals surface area contributed by atoms with E-state index in [4.69, 9.17) is 10.5 Å². The monoisotopic (exact) mass is 292 g/mol. The van der Waals surface area contributed by atoms with Crippen molar-refractivity contribution >= 4 is 6.09 Å². The van der Waals surface area contributed by atoms with Gasteiger partial charge in [-0.3, -0.25) is 0 Å². The summed E-state index contributed by atoms with van der Waals surface area (Å²) in [5, 5.41) is 0. The molecule has 1 aliphatic carbocycles. The van der Waals surface area contributed by atoms with Crippen LogP contribution in [0.1, 0.15) is 18.4 Å². The first-order valence-electron chi connectivity index (χ1n) is 7.50. The fraction of sp³-hybridized carbons (Fsp3) is 0.562. The molecule has 1 saturated carbocycles. The van der Waals surface area contributed by atoms with Crippen molar-refractivity contribution in [1.82, 2.24) is 4.90 Å². The minimum Gasteiger partial charge on any atom is -0.445 e. The van der Waals surface area contributed by atoms with E-state index in [-0.39, 0.29) is 25.1 Å². The molecular weight excluding hydrogens is 271 g/mol. The van der Waals surface area contributed by atoms with Crippen LogP contribution >= 0.6 is 0 Å². The lowest BCUT2D eigenvalue weighted by atomic mass is 9.94. The number of carbonyl (C=O) groups excluding carboxylic acids is 1. The highest BCUT2D eigenvalue weighted by molar-refractivity contribution is 5.68. The van der Waals surface area contributed by atoms with Crippen molar-refractivity contribution < 1.29 is 13.9 Å². The fourth-order valence-electron chi connectivity index (χ4n) is 2.94. The van der Waals surface area contributed by atoms with E-state index in [1.165, 1.54) is 4.90 Å². The van der Waals surface area contributed by atoms with Crippen molar-refractivity contribution in [3.8, 4) is 0 Å². The van der Waals surface area contributed by atoms with Gasteiger partial charge >= 0.3 is 6.09 Å². The summed E-state index contributed by atoms with van der Waals surface area (Å²) >= 11 is 0. The molecule has 0 bridgehead atoms. The maximum Gasteiger partial charge on any atom is 0.410 e. The van der Waals surface area contributed by atoms with Gasteiger partial charge in [-0.2, -0.15) is 0 Å². The maximum absolute atomic E-state index is 14.1. The smallest absolute Gasteiger partial charge is 0.410 e. The molecule has 1 unspecified atom stereocenters. The summed E-state index contributed by atoms with van der Waals surface area (Å²) in [5.41, 5.74) is 7.01. The van der Waals surface area contributed by atoms with Gasteiger partial charge in [0.2, 0.25) is 0 Å². The number of likely N-dealkylation sites (tertiary alicyclic amines) is 1. The van der Waals surface area contributed by atoms with E-state index < -0.39 is 12.3 Å². The number of nitrogens with two attached hydrogens (primary N) is 1.